The number of ether oxygens (including phenoxy) is 1. The van der Waals surface area contributed by atoms with E-state index < -0.39 is 36.5 Å². The highest BCUT2D eigenvalue weighted by Crippen LogP contribution is 2.30. The van der Waals surface area contributed by atoms with E-state index in [0.29, 0.717) is 17.8 Å². The Morgan fingerprint density at radius 1 is 1.14 bits per heavy atom. The van der Waals surface area contributed by atoms with E-state index in [4.69, 9.17) is 9.57 Å². The lowest BCUT2D eigenvalue weighted by Gasteiger charge is -2.29. The van der Waals surface area contributed by atoms with Gasteiger partial charge in [0.1, 0.15) is 5.69 Å². The number of rotatable bonds is 12. The van der Waals surface area contributed by atoms with Crippen LogP contribution in [-0.2, 0) is 20.8 Å². The van der Waals surface area contributed by atoms with Gasteiger partial charge in [-0.05, 0) is 37.0 Å². The average molecular weight is 510 g/mol. The predicted octanol–water partition coefficient (Wildman–Crippen LogP) is 1.44. The van der Waals surface area contributed by atoms with Gasteiger partial charge in [0, 0.05) is 25.6 Å². The van der Waals surface area contributed by atoms with Crippen molar-refractivity contribution in [3.05, 3.63) is 65.5 Å². The zero-order valence-electron chi connectivity index (χ0n) is 21.7. The number of hydrogen-bond donors (Lipinski definition) is 4. The van der Waals surface area contributed by atoms with Crippen LogP contribution in [0.2, 0.25) is 0 Å². The fraction of sp³-hybridized carbons (Fsp3) is 0.462. The summed E-state index contributed by atoms with van der Waals surface area (Å²) < 4.78 is 5.33. The minimum absolute atomic E-state index is 0.0687. The zero-order chi connectivity index (χ0) is 27.0. The van der Waals surface area contributed by atoms with E-state index in [1.165, 1.54) is 7.11 Å². The number of pyridine rings is 1. The number of amides is 2. The Morgan fingerprint density at radius 3 is 2.49 bits per heavy atom. The van der Waals surface area contributed by atoms with Crippen LogP contribution >= 0.6 is 0 Å². The molecule has 0 spiro atoms. The first-order valence-electron chi connectivity index (χ1n) is 12.3. The van der Waals surface area contributed by atoms with Gasteiger partial charge in [-0.3, -0.25) is 9.59 Å². The van der Waals surface area contributed by atoms with Crippen molar-refractivity contribution in [3.63, 3.8) is 0 Å². The summed E-state index contributed by atoms with van der Waals surface area (Å²) in [5.74, 6) is -1.68. The Bertz CT molecular complexity index is 1100. The molecular weight excluding hydrogens is 475 g/mol. The third-order valence-corrected chi connectivity index (χ3v) is 6.11. The molecular formula is C26H35BN4O6. The summed E-state index contributed by atoms with van der Waals surface area (Å²) in [6.07, 6.45) is 0.624. The summed E-state index contributed by atoms with van der Waals surface area (Å²) >= 11 is 0. The molecule has 0 saturated heterocycles. The monoisotopic (exact) mass is 510 g/mol. The number of benzene rings is 1. The van der Waals surface area contributed by atoms with Gasteiger partial charge in [-0.15, -0.1) is 0 Å². The third kappa shape index (κ3) is 7.61. The molecule has 11 heteroatoms. The Kier molecular flexibility index (Phi) is 9.79. The van der Waals surface area contributed by atoms with E-state index in [9.17, 15) is 19.6 Å². The van der Waals surface area contributed by atoms with Gasteiger partial charge in [-0.1, -0.05) is 55.4 Å². The first-order chi connectivity index (χ1) is 17.6. The molecule has 0 radical (unpaired) electrons. The largest absolute Gasteiger partial charge is 0.475 e. The van der Waals surface area contributed by atoms with E-state index >= 15 is 0 Å². The molecule has 10 nitrogen and oxygen atoms in total. The first kappa shape index (κ1) is 28.3. The molecule has 2 aromatic rings. The van der Waals surface area contributed by atoms with Crippen LogP contribution in [0.3, 0.4) is 0 Å². The fourth-order valence-electron chi connectivity index (χ4n) is 4.26. The Morgan fingerprint density at radius 2 is 1.86 bits per heavy atom. The lowest BCUT2D eigenvalue weighted by molar-refractivity contribution is -0.144. The highest BCUT2D eigenvalue weighted by atomic mass is 16.7. The topological polar surface area (TPSA) is 142 Å². The number of methoxy groups -OCH3 is 1. The molecule has 37 heavy (non-hydrogen) atoms. The SMILES string of the molecule is COC[C@H](NC(=O)c1cccc(C)n1)C1=NOC(Cc2ccccc2)(C(=O)N[C@@H](CC(C)C)B(O)O)C1. The van der Waals surface area contributed by atoms with E-state index in [1.807, 2.05) is 44.2 Å². The molecule has 1 aromatic carbocycles. The third-order valence-electron chi connectivity index (χ3n) is 6.11. The molecule has 0 saturated carbocycles. The van der Waals surface area contributed by atoms with Gasteiger partial charge in [0.05, 0.1) is 24.3 Å². The summed E-state index contributed by atoms with van der Waals surface area (Å²) in [7, 11) is -0.229. The maximum atomic E-state index is 13.6. The van der Waals surface area contributed by atoms with Gasteiger partial charge in [0.15, 0.2) is 0 Å². The molecule has 0 bridgehead atoms. The molecule has 1 aromatic heterocycles. The second-order valence-electron chi connectivity index (χ2n) is 9.78. The maximum Gasteiger partial charge on any atom is 0.475 e. The van der Waals surface area contributed by atoms with Crippen LogP contribution in [-0.4, -0.2) is 71.0 Å². The van der Waals surface area contributed by atoms with Crippen LogP contribution in [0.15, 0.2) is 53.7 Å². The number of oxime groups is 1. The fourth-order valence-corrected chi connectivity index (χ4v) is 4.26. The van der Waals surface area contributed by atoms with Crippen LogP contribution in [0.4, 0.5) is 0 Å². The molecule has 3 rings (SSSR count). The Labute approximate surface area is 217 Å². The number of carbonyl (C=O) groups excluding carboxylic acids is 2. The second-order valence-corrected chi connectivity index (χ2v) is 9.78. The standard InChI is InChI=1S/C26H35BN4O6/c1-17(2)13-23(27(34)35)30-25(33)26(14-19-10-6-5-7-11-19)15-21(31-37-26)22(16-36-4)29-24(32)20-12-8-9-18(3)28-20/h5-12,17,22-23,34-35H,13-16H2,1-4H3,(H,29,32)(H,30,33)/t22-,23-,26?/m0/s1. The van der Waals surface area contributed by atoms with Gasteiger partial charge < -0.3 is 30.3 Å². The minimum atomic E-state index is -1.73. The zero-order valence-corrected chi connectivity index (χ0v) is 21.7. The van der Waals surface area contributed by atoms with Crippen LogP contribution in [0.1, 0.15) is 48.4 Å². The first-order valence-corrected chi connectivity index (χ1v) is 12.3. The molecule has 198 valence electrons. The number of hydrogen-bond acceptors (Lipinski definition) is 8. The molecule has 2 amide bonds. The van der Waals surface area contributed by atoms with Crippen molar-refractivity contribution in [3.8, 4) is 0 Å². The van der Waals surface area contributed by atoms with Gasteiger partial charge in [-0.25, -0.2) is 4.98 Å². The second kappa shape index (κ2) is 12.8. The summed E-state index contributed by atoms with van der Waals surface area (Å²) in [6.45, 7) is 5.75. The van der Waals surface area contributed by atoms with Crippen LogP contribution in [0.5, 0.6) is 0 Å². The van der Waals surface area contributed by atoms with Crippen molar-refractivity contribution >= 4 is 24.6 Å². The number of aromatic nitrogens is 1. The van der Waals surface area contributed by atoms with E-state index in [0.717, 1.165) is 5.56 Å². The van der Waals surface area contributed by atoms with Crippen molar-refractivity contribution in [2.24, 2.45) is 11.1 Å². The van der Waals surface area contributed by atoms with Crippen molar-refractivity contribution in [1.82, 2.24) is 15.6 Å². The minimum Gasteiger partial charge on any atom is -0.426 e. The lowest BCUT2D eigenvalue weighted by atomic mass is 9.74. The Balaban J connectivity index is 1.84. The van der Waals surface area contributed by atoms with E-state index in [2.05, 4.69) is 20.8 Å². The quantitative estimate of drug-likeness (QED) is 0.317. The molecule has 3 atom stereocenters. The smallest absolute Gasteiger partial charge is 0.426 e. The number of nitrogens with zero attached hydrogens (tertiary/aromatic N) is 2. The van der Waals surface area contributed by atoms with Crippen LogP contribution in [0.25, 0.3) is 0 Å². The van der Waals surface area contributed by atoms with E-state index in [-0.39, 0.29) is 31.1 Å². The van der Waals surface area contributed by atoms with Gasteiger partial charge in [0.2, 0.25) is 5.60 Å². The highest BCUT2D eigenvalue weighted by Gasteiger charge is 2.49. The Hall–Kier alpha value is -3.28. The molecule has 0 aliphatic carbocycles. The maximum absolute atomic E-state index is 13.6. The van der Waals surface area contributed by atoms with Crippen molar-refractivity contribution in [2.45, 2.75) is 57.6 Å². The normalized spacial score (nSPS) is 18.5. The highest BCUT2D eigenvalue weighted by molar-refractivity contribution is 6.43. The van der Waals surface area contributed by atoms with Crippen LogP contribution in [0, 0.1) is 12.8 Å². The molecule has 2 heterocycles. The number of nitrogens with one attached hydrogen (secondary N) is 2. The predicted molar refractivity (Wildman–Crippen MR) is 140 cm³/mol. The van der Waals surface area contributed by atoms with Crippen LogP contribution < -0.4 is 10.6 Å². The molecule has 1 unspecified atom stereocenters. The summed E-state index contributed by atoms with van der Waals surface area (Å²) in [5, 5.41) is 29.6. The molecule has 1 aliphatic rings. The summed E-state index contributed by atoms with van der Waals surface area (Å²) in [4.78, 5) is 36.6. The van der Waals surface area contributed by atoms with Gasteiger partial charge in [0.25, 0.3) is 11.8 Å². The van der Waals surface area contributed by atoms with Crippen molar-refractivity contribution < 1.29 is 29.2 Å². The summed E-state index contributed by atoms with van der Waals surface area (Å²) in [5.41, 5.74) is 0.786. The van der Waals surface area contributed by atoms with Crippen molar-refractivity contribution in [1.29, 1.82) is 0 Å². The lowest BCUT2D eigenvalue weighted by Crippen LogP contribution is -2.56. The molecule has 4 N–H and O–H groups in total. The van der Waals surface area contributed by atoms with Gasteiger partial charge in [-0.2, -0.15) is 0 Å². The molecule has 1 aliphatic heterocycles. The number of carbonyl (C=O) groups is 2. The van der Waals surface area contributed by atoms with Crippen molar-refractivity contribution in [2.75, 3.05) is 13.7 Å². The average Bonchev–Trinajstić information content (AvgIpc) is 3.28. The summed E-state index contributed by atoms with van der Waals surface area (Å²) in [6, 6.07) is 13.8. The molecule has 0 fully saturated rings. The number of aryl methyl sites for hydroxylation is 1. The van der Waals surface area contributed by atoms with Gasteiger partial charge >= 0.3 is 7.12 Å². The van der Waals surface area contributed by atoms with E-state index in [1.54, 1.807) is 25.1 Å².